The van der Waals surface area contributed by atoms with Gasteiger partial charge in [-0.25, -0.2) is 0 Å². The first-order valence-electron chi connectivity index (χ1n) is 8.93. The van der Waals surface area contributed by atoms with E-state index in [1.165, 1.54) is 0 Å². The van der Waals surface area contributed by atoms with Crippen molar-refractivity contribution >= 4 is 11.8 Å². The van der Waals surface area contributed by atoms with E-state index in [0.717, 1.165) is 17.7 Å². The second-order valence-electron chi connectivity index (χ2n) is 6.14. The summed E-state index contributed by atoms with van der Waals surface area (Å²) in [5, 5.41) is 5.69. The van der Waals surface area contributed by atoms with Crippen LogP contribution in [0.3, 0.4) is 0 Å². The maximum absolute atomic E-state index is 12.4. The number of rotatable bonds is 9. The fraction of sp³-hybridized carbons (Fsp3) is 0.333. The zero-order chi connectivity index (χ0) is 18.8. The largest absolute Gasteiger partial charge is 0.489 e. The third-order valence-corrected chi connectivity index (χ3v) is 4.06. The summed E-state index contributed by atoms with van der Waals surface area (Å²) < 4.78 is 5.74. The number of amides is 2. The number of para-hydroxylation sites is 1. The Hall–Kier alpha value is -2.82. The van der Waals surface area contributed by atoms with Crippen molar-refractivity contribution in [2.24, 2.45) is 0 Å². The number of hydrogen-bond donors (Lipinski definition) is 2. The topological polar surface area (TPSA) is 67.4 Å². The number of carbonyl (C=O) groups is 2. The molecular formula is C21H26N2O3. The van der Waals surface area contributed by atoms with E-state index >= 15 is 0 Å². The molecule has 0 saturated carbocycles. The molecule has 2 aromatic carbocycles. The van der Waals surface area contributed by atoms with Crippen molar-refractivity contribution in [3.8, 4) is 5.75 Å². The standard InChI is InChI=1S/C21H26N2O3/c1-3-16(2)23-20(24)13-14-22-21(25)19-12-8-7-9-17(19)15-26-18-10-5-4-6-11-18/h4-12,16H,3,13-15H2,1-2H3,(H,22,25)(H,23,24). The molecule has 0 aliphatic rings. The molecule has 2 amide bonds. The number of ether oxygens (including phenoxy) is 1. The van der Waals surface area contributed by atoms with Gasteiger partial charge in [-0.3, -0.25) is 9.59 Å². The van der Waals surface area contributed by atoms with Crippen LogP contribution in [0.5, 0.6) is 5.75 Å². The van der Waals surface area contributed by atoms with Crippen LogP contribution in [0.1, 0.15) is 42.6 Å². The normalized spacial score (nSPS) is 11.5. The molecule has 0 bridgehead atoms. The average Bonchev–Trinajstić information content (AvgIpc) is 2.67. The minimum absolute atomic E-state index is 0.0552. The van der Waals surface area contributed by atoms with Gasteiger partial charge in [0.2, 0.25) is 5.91 Å². The summed E-state index contributed by atoms with van der Waals surface area (Å²) in [5.74, 6) is 0.498. The van der Waals surface area contributed by atoms with Crippen LogP contribution >= 0.6 is 0 Å². The number of carbonyl (C=O) groups excluding carboxylic acids is 2. The molecule has 5 nitrogen and oxygen atoms in total. The molecule has 1 unspecified atom stereocenters. The van der Waals surface area contributed by atoms with Gasteiger partial charge in [-0.15, -0.1) is 0 Å². The Morgan fingerprint density at radius 3 is 2.46 bits per heavy atom. The second-order valence-corrected chi connectivity index (χ2v) is 6.14. The van der Waals surface area contributed by atoms with Crippen molar-refractivity contribution in [3.63, 3.8) is 0 Å². The first-order chi connectivity index (χ1) is 12.6. The van der Waals surface area contributed by atoms with Gasteiger partial charge in [-0.05, 0) is 31.5 Å². The van der Waals surface area contributed by atoms with E-state index in [9.17, 15) is 9.59 Å². The molecule has 2 aromatic rings. The van der Waals surface area contributed by atoms with E-state index < -0.39 is 0 Å². The fourth-order valence-electron chi connectivity index (χ4n) is 2.38. The Bertz CT molecular complexity index is 716. The summed E-state index contributed by atoms with van der Waals surface area (Å²) in [6.45, 7) is 4.58. The minimum atomic E-state index is -0.200. The Kier molecular flexibility index (Phi) is 7.68. The Morgan fingerprint density at radius 1 is 1.04 bits per heavy atom. The average molecular weight is 354 g/mol. The van der Waals surface area contributed by atoms with E-state index in [1.807, 2.05) is 62.4 Å². The molecule has 5 heteroatoms. The minimum Gasteiger partial charge on any atom is -0.489 e. The smallest absolute Gasteiger partial charge is 0.251 e. The monoisotopic (exact) mass is 354 g/mol. The molecule has 0 aromatic heterocycles. The maximum atomic E-state index is 12.4. The van der Waals surface area contributed by atoms with Crippen LogP contribution in [0.4, 0.5) is 0 Å². The van der Waals surface area contributed by atoms with E-state index in [0.29, 0.717) is 18.7 Å². The van der Waals surface area contributed by atoms with E-state index in [-0.39, 0.29) is 24.3 Å². The first kappa shape index (κ1) is 19.5. The van der Waals surface area contributed by atoms with Crippen molar-refractivity contribution in [1.82, 2.24) is 10.6 Å². The van der Waals surface area contributed by atoms with Crippen molar-refractivity contribution in [3.05, 3.63) is 65.7 Å². The lowest BCUT2D eigenvalue weighted by molar-refractivity contribution is -0.121. The van der Waals surface area contributed by atoms with Gasteiger partial charge < -0.3 is 15.4 Å². The highest BCUT2D eigenvalue weighted by atomic mass is 16.5. The molecule has 138 valence electrons. The summed E-state index contributed by atoms with van der Waals surface area (Å²) in [7, 11) is 0. The molecule has 1 atom stereocenters. The summed E-state index contributed by atoms with van der Waals surface area (Å²) in [4.78, 5) is 24.2. The van der Waals surface area contributed by atoms with E-state index in [2.05, 4.69) is 10.6 Å². The highest BCUT2D eigenvalue weighted by Gasteiger charge is 2.12. The van der Waals surface area contributed by atoms with Gasteiger partial charge in [0.25, 0.3) is 5.91 Å². The quantitative estimate of drug-likeness (QED) is 0.726. The first-order valence-corrected chi connectivity index (χ1v) is 8.93. The van der Waals surface area contributed by atoms with Gasteiger partial charge in [0.15, 0.2) is 0 Å². The van der Waals surface area contributed by atoms with Gasteiger partial charge in [-0.1, -0.05) is 43.3 Å². The van der Waals surface area contributed by atoms with Crippen LogP contribution < -0.4 is 15.4 Å². The van der Waals surface area contributed by atoms with Crippen LogP contribution in [-0.4, -0.2) is 24.4 Å². The molecule has 0 heterocycles. The maximum Gasteiger partial charge on any atom is 0.251 e. The summed E-state index contributed by atoms with van der Waals surface area (Å²) in [6.07, 6.45) is 1.14. The Balaban J connectivity index is 1.87. The predicted molar refractivity (Wildman–Crippen MR) is 102 cm³/mol. The summed E-state index contributed by atoms with van der Waals surface area (Å²) in [5.41, 5.74) is 1.36. The summed E-state index contributed by atoms with van der Waals surface area (Å²) in [6, 6.07) is 16.9. The highest BCUT2D eigenvalue weighted by molar-refractivity contribution is 5.95. The molecule has 0 saturated heterocycles. The van der Waals surface area contributed by atoms with Gasteiger partial charge in [0.05, 0.1) is 0 Å². The van der Waals surface area contributed by atoms with Crippen LogP contribution in [0.2, 0.25) is 0 Å². The Morgan fingerprint density at radius 2 is 1.73 bits per heavy atom. The fourth-order valence-corrected chi connectivity index (χ4v) is 2.38. The van der Waals surface area contributed by atoms with Crippen LogP contribution in [0, 0.1) is 0 Å². The molecule has 0 radical (unpaired) electrons. The van der Waals surface area contributed by atoms with Gasteiger partial charge >= 0.3 is 0 Å². The molecule has 0 aliphatic carbocycles. The highest BCUT2D eigenvalue weighted by Crippen LogP contribution is 2.14. The van der Waals surface area contributed by atoms with Crippen molar-refractivity contribution in [1.29, 1.82) is 0 Å². The molecule has 2 N–H and O–H groups in total. The van der Waals surface area contributed by atoms with E-state index in [4.69, 9.17) is 4.74 Å². The zero-order valence-corrected chi connectivity index (χ0v) is 15.3. The molecule has 2 rings (SSSR count). The molecule has 0 fully saturated rings. The zero-order valence-electron chi connectivity index (χ0n) is 15.3. The van der Waals surface area contributed by atoms with Crippen molar-refractivity contribution < 1.29 is 14.3 Å². The SMILES string of the molecule is CCC(C)NC(=O)CCNC(=O)c1ccccc1COc1ccccc1. The third-order valence-electron chi connectivity index (χ3n) is 4.06. The number of benzene rings is 2. The number of hydrogen-bond acceptors (Lipinski definition) is 3. The van der Waals surface area contributed by atoms with Crippen LogP contribution in [-0.2, 0) is 11.4 Å². The van der Waals surface area contributed by atoms with E-state index in [1.54, 1.807) is 6.07 Å². The molecule has 0 aliphatic heterocycles. The van der Waals surface area contributed by atoms with Crippen molar-refractivity contribution in [2.45, 2.75) is 39.3 Å². The lowest BCUT2D eigenvalue weighted by atomic mass is 10.1. The Labute approximate surface area is 154 Å². The van der Waals surface area contributed by atoms with Gasteiger partial charge in [0, 0.05) is 30.1 Å². The molecular weight excluding hydrogens is 328 g/mol. The van der Waals surface area contributed by atoms with Crippen LogP contribution in [0.15, 0.2) is 54.6 Å². The second kappa shape index (κ2) is 10.2. The van der Waals surface area contributed by atoms with Crippen molar-refractivity contribution in [2.75, 3.05) is 6.54 Å². The van der Waals surface area contributed by atoms with Crippen LogP contribution in [0.25, 0.3) is 0 Å². The summed E-state index contributed by atoms with van der Waals surface area (Å²) >= 11 is 0. The molecule has 26 heavy (non-hydrogen) atoms. The number of nitrogens with one attached hydrogen (secondary N) is 2. The predicted octanol–water partition coefficient (Wildman–Crippen LogP) is 3.30. The lowest BCUT2D eigenvalue weighted by Gasteiger charge is -2.13. The van der Waals surface area contributed by atoms with Gasteiger partial charge in [-0.2, -0.15) is 0 Å². The third kappa shape index (κ3) is 6.24. The lowest BCUT2D eigenvalue weighted by Crippen LogP contribution is -2.35. The van der Waals surface area contributed by atoms with Gasteiger partial charge in [0.1, 0.15) is 12.4 Å². The molecule has 0 spiro atoms.